The summed E-state index contributed by atoms with van der Waals surface area (Å²) >= 11 is 5.95. The molecule has 1 aliphatic carbocycles. The number of hydrogen-bond acceptors (Lipinski definition) is 1. The molecule has 0 saturated heterocycles. The van der Waals surface area contributed by atoms with Crippen LogP contribution >= 0.6 is 11.6 Å². The van der Waals surface area contributed by atoms with Gasteiger partial charge in [-0.05, 0) is 36.0 Å². The fourth-order valence-electron chi connectivity index (χ4n) is 2.25. The summed E-state index contributed by atoms with van der Waals surface area (Å²) in [7, 11) is 0. The highest BCUT2D eigenvalue weighted by Gasteiger charge is 2.53. The van der Waals surface area contributed by atoms with Crippen molar-refractivity contribution in [2.75, 3.05) is 0 Å². The summed E-state index contributed by atoms with van der Waals surface area (Å²) in [5, 5.41) is 0.779. The van der Waals surface area contributed by atoms with Crippen molar-refractivity contribution >= 4 is 11.6 Å². The van der Waals surface area contributed by atoms with Crippen molar-refractivity contribution < 1.29 is 0 Å². The van der Waals surface area contributed by atoms with E-state index in [0.29, 0.717) is 11.8 Å². The highest BCUT2D eigenvalue weighted by Crippen LogP contribution is 2.53. The molecule has 14 heavy (non-hydrogen) atoms. The summed E-state index contributed by atoms with van der Waals surface area (Å²) < 4.78 is 0. The van der Waals surface area contributed by atoms with Gasteiger partial charge in [0, 0.05) is 10.6 Å². The van der Waals surface area contributed by atoms with Crippen LogP contribution in [0.5, 0.6) is 0 Å². The van der Waals surface area contributed by atoms with Crippen LogP contribution < -0.4 is 5.73 Å². The molecule has 0 aliphatic heterocycles. The number of rotatable bonds is 2. The quantitative estimate of drug-likeness (QED) is 0.796. The van der Waals surface area contributed by atoms with E-state index in [1.54, 1.807) is 0 Å². The topological polar surface area (TPSA) is 26.0 Å². The Hall–Kier alpha value is -0.530. The number of hydrogen-bond donors (Lipinski definition) is 1. The van der Waals surface area contributed by atoms with E-state index in [4.69, 9.17) is 17.3 Å². The third-order valence-corrected chi connectivity index (χ3v) is 3.46. The molecule has 1 saturated carbocycles. The first kappa shape index (κ1) is 10.0. The summed E-state index contributed by atoms with van der Waals surface area (Å²) in [6.45, 7) is 4.45. The van der Waals surface area contributed by atoms with Crippen LogP contribution in [0.4, 0.5) is 0 Å². The third kappa shape index (κ3) is 1.55. The van der Waals surface area contributed by atoms with E-state index >= 15 is 0 Å². The molecule has 0 spiro atoms. The van der Waals surface area contributed by atoms with Crippen LogP contribution in [0.1, 0.15) is 25.8 Å². The zero-order valence-corrected chi connectivity index (χ0v) is 9.38. The molecule has 2 atom stereocenters. The van der Waals surface area contributed by atoms with Crippen molar-refractivity contribution in [3.8, 4) is 0 Å². The van der Waals surface area contributed by atoms with Gasteiger partial charge in [-0.25, -0.2) is 0 Å². The fourth-order valence-corrected chi connectivity index (χ4v) is 2.44. The summed E-state index contributed by atoms with van der Waals surface area (Å²) in [4.78, 5) is 0. The van der Waals surface area contributed by atoms with Crippen LogP contribution in [-0.4, -0.2) is 0 Å². The second-order valence-corrected chi connectivity index (χ2v) is 5.04. The van der Waals surface area contributed by atoms with Gasteiger partial charge in [-0.15, -0.1) is 0 Å². The molecule has 76 valence electrons. The molecule has 2 heteroatoms. The molecule has 0 radical (unpaired) electrons. The van der Waals surface area contributed by atoms with E-state index in [1.807, 2.05) is 18.2 Å². The number of nitrogens with two attached hydrogens (primary N) is 1. The molecular weight excluding hydrogens is 194 g/mol. The average Bonchev–Trinajstić information content (AvgIpc) is 2.80. The lowest BCUT2D eigenvalue weighted by atomic mass is 9.98. The van der Waals surface area contributed by atoms with E-state index in [1.165, 1.54) is 5.56 Å². The van der Waals surface area contributed by atoms with Crippen molar-refractivity contribution in [3.05, 3.63) is 34.9 Å². The fraction of sp³-hybridized carbons (Fsp3) is 0.500. The molecule has 2 rings (SSSR count). The van der Waals surface area contributed by atoms with Gasteiger partial charge in [-0.3, -0.25) is 0 Å². The molecule has 0 aromatic heterocycles. The van der Waals surface area contributed by atoms with E-state index in [2.05, 4.69) is 19.9 Å². The maximum atomic E-state index is 6.32. The van der Waals surface area contributed by atoms with Gasteiger partial charge < -0.3 is 5.73 Å². The van der Waals surface area contributed by atoms with Gasteiger partial charge in [-0.2, -0.15) is 0 Å². The van der Waals surface area contributed by atoms with Crippen LogP contribution in [0, 0.1) is 11.8 Å². The largest absolute Gasteiger partial charge is 0.321 e. The molecule has 0 bridgehead atoms. The Morgan fingerprint density at radius 3 is 2.71 bits per heavy atom. The van der Waals surface area contributed by atoms with Gasteiger partial charge in [0.2, 0.25) is 0 Å². The van der Waals surface area contributed by atoms with Crippen LogP contribution in [0.3, 0.4) is 0 Å². The first-order valence-electron chi connectivity index (χ1n) is 5.09. The van der Waals surface area contributed by atoms with Crippen molar-refractivity contribution in [1.82, 2.24) is 0 Å². The molecule has 0 amide bonds. The Morgan fingerprint density at radius 1 is 1.50 bits per heavy atom. The summed E-state index contributed by atoms with van der Waals surface area (Å²) in [5.74, 6) is 1.26. The molecular formula is C12H16ClN. The second-order valence-electron chi connectivity index (χ2n) is 4.61. The molecule has 1 fully saturated rings. The van der Waals surface area contributed by atoms with Crippen LogP contribution in [-0.2, 0) is 5.54 Å². The molecule has 2 N–H and O–H groups in total. The Balaban J connectivity index is 2.25. The van der Waals surface area contributed by atoms with Crippen molar-refractivity contribution in [2.45, 2.75) is 25.8 Å². The Kier molecular flexibility index (Phi) is 2.32. The minimum atomic E-state index is -0.112. The van der Waals surface area contributed by atoms with Crippen molar-refractivity contribution in [3.63, 3.8) is 0 Å². The third-order valence-electron chi connectivity index (χ3n) is 3.23. The lowest BCUT2D eigenvalue weighted by molar-refractivity contribution is 0.488. The first-order chi connectivity index (χ1) is 6.54. The molecule has 2 unspecified atom stereocenters. The molecule has 1 aromatic rings. The predicted octanol–water partition coefficient (Wildman–Crippen LogP) is 3.17. The highest BCUT2D eigenvalue weighted by molar-refractivity contribution is 6.30. The van der Waals surface area contributed by atoms with Crippen molar-refractivity contribution in [2.24, 2.45) is 17.6 Å². The average molecular weight is 210 g/mol. The predicted molar refractivity (Wildman–Crippen MR) is 60.3 cm³/mol. The van der Waals surface area contributed by atoms with E-state index in [9.17, 15) is 0 Å². The van der Waals surface area contributed by atoms with Crippen molar-refractivity contribution in [1.29, 1.82) is 0 Å². The van der Waals surface area contributed by atoms with E-state index in [-0.39, 0.29) is 5.54 Å². The Bertz CT molecular complexity index is 348. The highest BCUT2D eigenvalue weighted by atomic mass is 35.5. The zero-order chi connectivity index (χ0) is 10.3. The molecule has 1 aliphatic rings. The van der Waals surface area contributed by atoms with Gasteiger partial charge in [0.15, 0.2) is 0 Å². The normalized spacial score (nSPS) is 30.8. The first-order valence-corrected chi connectivity index (χ1v) is 5.47. The van der Waals surface area contributed by atoms with Gasteiger partial charge in [0.05, 0.1) is 0 Å². The molecule has 0 heterocycles. The summed E-state index contributed by atoms with van der Waals surface area (Å²) in [5.41, 5.74) is 7.40. The van der Waals surface area contributed by atoms with Crippen LogP contribution in [0.25, 0.3) is 0 Å². The van der Waals surface area contributed by atoms with Gasteiger partial charge >= 0.3 is 0 Å². The summed E-state index contributed by atoms with van der Waals surface area (Å²) in [6, 6.07) is 7.93. The zero-order valence-electron chi connectivity index (χ0n) is 8.63. The SMILES string of the molecule is CC(C)C1CC1(N)c1cccc(Cl)c1. The molecule has 1 nitrogen and oxygen atoms in total. The maximum Gasteiger partial charge on any atom is 0.0445 e. The van der Waals surface area contributed by atoms with E-state index in [0.717, 1.165) is 11.4 Å². The Labute approximate surface area is 90.3 Å². The minimum absolute atomic E-state index is 0.112. The standard InChI is InChI=1S/C12H16ClN/c1-8(2)11-7-12(11,14)9-4-3-5-10(13)6-9/h3-6,8,11H,7,14H2,1-2H3. The smallest absolute Gasteiger partial charge is 0.0445 e. The number of benzene rings is 1. The second kappa shape index (κ2) is 3.25. The Morgan fingerprint density at radius 2 is 2.21 bits per heavy atom. The monoisotopic (exact) mass is 209 g/mol. The number of halogens is 1. The van der Waals surface area contributed by atoms with Gasteiger partial charge in [0.1, 0.15) is 0 Å². The summed E-state index contributed by atoms with van der Waals surface area (Å²) in [6.07, 6.45) is 1.09. The molecule has 1 aromatic carbocycles. The van der Waals surface area contributed by atoms with Crippen LogP contribution in [0.2, 0.25) is 5.02 Å². The van der Waals surface area contributed by atoms with E-state index < -0.39 is 0 Å². The lowest BCUT2D eigenvalue weighted by Crippen LogP contribution is -2.23. The van der Waals surface area contributed by atoms with Gasteiger partial charge in [-0.1, -0.05) is 37.6 Å². The van der Waals surface area contributed by atoms with Crippen LogP contribution in [0.15, 0.2) is 24.3 Å². The maximum absolute atomic E-state index is 6.32. The minimum Gasteiger partial charge on any atom is -0.321 e. The van der Waals surface area contributed by atoms with Gasteiger partial charge in [0.25, 0.3) is 0 Å². The lowest BCUT2D eigenvalue weighted by Gasteiger charge is -2.14.